The van der Waals surface area contributed by atoms with Gasteiger partial charge in [0.2, 0.25) is 5.91 Å². The van der Waals surface area contributed by atoms with Gasteiger partial charge in [-0.1, -0.05) is 24.4 Å². The van der Waals surface area contributed by atoms with Crippen molar-refractivity contribution in [3.8, 4) is 5.75 Å². The van der Waals surface area contributed by atoms with Crippen LogP contribution in [0.4, 0.5) is 5.69 Å². The molecule has 0 aliphatic heterocycles. The first kappa shape index (κ1) is 23.8. The van der Waals surface area contributed by atoms with Crippen molar-refractivity contribution in [1.82, 2.24) is 4.57 Å². The third kappa shape index (κ3) is 4.97. The van der Waals surface area contributed by atoms with Crippen molar-refractivity contribution < 1.29 is 19.4 Å². The average Bonchev–Trinajstić information content (AvgIpc) is 3.06. The Hall–Kier alpha value is -2.83. The lowest BCUT2D eigenvalue weighted by molar-refractivity contribution is -0.116. The Labute approximate surface area is 193 Å². The summed E-state index contributed by atoms with van der Waals surface area (Å²) in [7, 11) is 1.59. The van der Waals surface area contributed by atoms with Crippen molar-refractivity contribution in [1.29, 1.82) is 0 Å². The summed E-state index contributed by atoms with van der Waals surface area (Å²) in [5.41, 5.74) is 2.63. The highest BCUT2D eigenvalue weighted by Crippen LogP contribution is 2.37. The van der Waals surface area contributed by atoms with Crippen LogP contribution in [-0.4, -0.2) is 41.7 Å². The van der Waals surface area contributed by atoms with E-state index in [0.717, 1.165) is 36.8 Å². The van der Waals surface area contributed by atoms with E-state index in [0.29, 0.717) is 34.1 Å². The number of halogens is 1. The van der Waals surface area contributed by atoms with Crippen LogP contribution in [0, 0.1) is 6.92 Å². The van der Waals surface area contributed by atoms with Gasteiger partial charge >= 0.3 is 0 Å². The summed E-state index contributed by atoms with van der Waals surface area (Å²) in [5, 5.41) is 10.3. The fraction of sp³-hybridized carbons (Fsp3) is 0.360. The molecule has 0 saturated carbocycles. The van der Waals surface area contributed by atoms with Gasteiger partial charge in [0.05, 0.1) is 18.3 Å². The highest BCUT2D eigenvalue weighted by Gasteiger charge is 2.25. The second kappa shape index (κ2) is 10.7. The van der Waals surface area contributed by atoms with Crippen molar-refractivity contribution in [2.45, 2.75) is 39.5 Å². The van der Waals surface area contributed by atoms with E-state index in [1.807, 2.05) is 25.1 Å². The predicted molar refractivity (Wildman–Crippen MR) is 128 cm³/mol. The van der Waals surface area contributed by atoms with Crippen LogP contribution in [-0.2, 0) is 4.79 Å². The van der Waals surface area contributed by atoms with Crippen LogP contribution >= 0.6 is 11.6 Å². The third-order valence-corrected chi connectivity index (χ3v) is 5.86. The van der Waals surface area contributed by atoms with Gasteiger partial charge in [-0.2, -0.15) is 0 Å². The molecule has 0 aliphatic carbocycles. The summed E-state index contributed by atoms with van der Waals surface area (Å²) in [6.07, 6.45) is 3.38. The zero-order valence-corrected chi connectivity index (χ0v) is 19.5. The van der Waals surface area contributed by atoms with Gasteiger partial charge < -0.3 is 14.7 Å². The Balaban J connectivity index is 2.10. The molecule has 0 spiro atoms. The number of ether oxygens (including phenoxy) is 1. The maximum atomic E-state index is 13.4. The number of amides is 1. The van der Waals surface area contributed by atoms with Gasteiger partial charge in [0.1, 0.15) is 5.75 Å². The number of carbonyl (C=O) groups is 2. The van der Waals surface area contributed by atoms with Crippen LogP contribution < -0.4 is 9.64 Å². The van der Waals surface area contributed by atoms with Crippen molar-refractivity contribution in [3.05, 3.63) is 58.7 Å². The molecule has 6 nitrogen and oxygen atoms in total. The van der Waals surface area contributed by atoms with E-state index in [1.165, 1.54) is 6.92 Å². The number of aliphatic hydroxyl groups is 1. The SMILES string of the molecule is COc1ccc2c(c1)c(N(CCCCCCO)C(C)=O)c(C)n2C(=O)c1ccc(Cl)cc1. The lowest BCUT2D eigenvalue weighted by Crippen LogP contribution is -2.30. The van der Waals surface area contributed by atoms with E-state index in [2.05, 4.69) is 0 Å². The van der Waals surface area contributed by atoms with E-state index < -0.39 is 0 Å². The number of aromatic nitrogens is 1. The van der Waals surface area contributed by atoms with Crippen LogP contribution in [0.25, 0.3) is 10.9 Å². The number of benzene rings is 2. The minimum atomic E-state index is -0.188. The monoisotopic (exact) mass is 456 g/mol. The Kier molecular flexibility index (Phi) is 7.94. The molecule has 0 radical (unpaired) electrons. The highest BCUT2D eigenvalue weighted by atomic mass is 35.5. The summed E-state index contributed by atoms with van der Waals surface area (Å²) < 4.78 is 7.06. The molecule has 1 N–H and O–H groups in total. The van der Waals surface area contributed by atoms with E-state index >= 15 is 0 Å². The molecule has 0 fully saturated rings. The smallest absolute Gasteiger partial charge is 0.262 e. The summed E-state index contributed by atoms with van der Waals surface area (Å²) in [5.74, 6) is 0.379. The number of rotatable bonds is 9. The van der Waals surface area contributed by atoms with E-state index in [1.54, 1.807) is 40.8 Å². The largest absolute Gasteiger partial charge is 0.497 e. The number of aliphatic hydroxyl groups excluding tert-OH is 1. The van der Waals surface area contributed by atoms with Crippen LogP contribution in [0.5, 0.6) is 5.75 Å². The topological polar surface area (TPSA) is 71.8 Å². The minimum absolute atomic E-state index is 0.0870. The molecule has 0 atom stereocenters. The van der Waals surface area contributed by atoms with E-state index in [9.17, 15) is 9.59 Å². The molecule has 0 aliphatic rings. The summed E-state index contributed by atoms with van der Waals surface area (Å²) in [6.45, 7) is 4.11. The molecule has 170 valence electrons. The first-order valence-corrected chi connectivity index (χ1v) is 11.1. The van der Waals surface area contributed by atoms with Gasteiger partial charge in [-0.3, -0.25) is 14.2 Å². The van der Waals surface area contributed by atoms with Gasteiger partial charge in [0.15, 0.2) is 0 Å². The van der Waals surface area contributed by atoms with Gasteiger partial charge in [-0.05, 0) is 62.2 Å². The molecule has 1 aromatic heterocycles. The summed E-state index contributed by atoms with van der Waals surface area (Å²) >= 11 is 5.99. The second-order valence-corrected chi connectivity index (χ2v) is 8.21. The molecule has 0 saturated heterocycles. The van der Waals surface area contributed by atoms with Gasteiger partial charge in [0.25, 0.3) is 5.91 Å². The molecular weight excluding hydrogens is 428 g/mol. The molecular formula is C25H29ClN2O4. The number of fused-ring (bicyclic) bond motifs is 1. The fourth-order valence-electron chi connectivity index (χ4n) is 3.99. The molecule has 1 amide bonds. The quantitative estimate of drug-likeness (QED) is 0.449. The van der Waals surface area contributed by atoms with Crippen LogP contribution in [0.15, 0.2) is 42.5 Å². The van der Waals surface area contributed by atoms with Gasteiger partial charge in [-0.25, -0.2) is 0 Å². The number of nitrogens with zero attached hydrogens (tertiary/aromatic N) is 2. The third-order valence-electron chi connectivity index (χ3n) is 5.61. The summed E-state index contributed by atoms with van der Waals surface area (Å²) in [4.78, 5) is 27.8. The van der Waals surface area contributed by atoms with Crippen molar-refractivity contribution in [2.75, 3.05) is 25.2 Å². The highest BCUT2D eigenvalue weighted by molar-refractivity contribution is 6.30. The average molecular weight is 457 g/mol. The maximum absolute atomic E-state index is 13.4. The number of hydrogen-bond acceptors (Lipinski definition) is 4. The molecule has 7 heteroatoms. The number of anilines is 1. The number of methoxy groups -OCH3 is 1. The van der Waals surface area contributed by atoms with Gasteiger partial charge in [0, 0.05) is 41.7 Å². The minimum Gasteiger partial charge on any atom is -0.497 e. The zero-order chi connectivity index (χ0) is 23.3. The number of carbonyl (C=O) groups excluding carboxylic acids is 2. The first-order chi connectivity index (χ1) is 15.4. The molecule has 2 aromatic carbocycles. The van der Waals surface area contributed by atoms with Gasteiger partial charge in [-0.15, -0.1) is 0 Å². The molecule has 3 aromatic rings. The first-order valence-electron chi connectivity index (χ1n) is 10.8. The summed E-state index contributed by atoms with van der Waals surface area (Å²) in [6, 6.07) is 12.3. The van der Waals surface area contributed by atoms with Crippen LogP contribution in [0.3, 0.4) is 0 Å². The van der Waals surface area contributed by atoms with Crippen LogP contribution in [0.2, 0.25) is 5.02 Å². The van der Waals surface area contributed by atoms with Crippen molar-refractivity contribution in [2.24, 2.45) is 0 Å². The van der Waals surface area contributed by atoms with E-state index in [-0.39, 0.29) is 18.4 Å². The van der Waals surface area contributed by atoms with E-state index in [4.69, 9.17) is 21.4 Å². The molecule has 0 unspecified atom stereocenters. The fourth-order valence-corrected chi connectivity index (χ4v) is 4.12. The molecule has 1 heterocycles. The Morgan fingerprint density at radius 1 is 1.06 bits per heavy atom. The Bertz CT molecular complexity index is 1110. The normalized spacial score (nSPS) is 11.0. The Morgan fingerprint density at radius 2 is 1.75 bits per heavy atom. The number of hydrogen-bond donors (Lipinski definition) is 1. The standard InChI is InChI=1S/C25H29ClN2O4/c1-17-24(27(18(2)30)14-6-4-5-7-15-29)22-16-21(32-3)12-13-23(22)28(17)25(31)19-8-10-20(26)11-9-19/h8-13,16,29H,4-7,14-15H2,1-3H3. The molecule has 3 rings (SSSR count). The lowest BCUT2D eigenvalue weighted by atomic mass is 10.1. The van der Waals surface area contributed by atoms with Crippen molar-refractivity contribution >= 4 is 40.0 Å². The lowest BCUT2D eigenvalue weighted by Gasteiger charge is -2.22. The van der Waals surface area contributed by atoms with Crippen molar-refractivity contribution in [3.63, 3.8) is 0 Å². The molecule has 32 heavy (non-hydrogen) atoms. The number of unbranched alkanes of at least 4 members (excludes halogenated alkanes) is 3. The molecule has 0 bridgehead atoms. The predicted octanol–water partition coefficient (Wildman–Crippen LogP) is 5.21. The second-order valence-electron chi connectivity index (χ2n) is 7.77. The maximum Gasteiger partial charge on any atom is 0.262 e. The Morgan fingerprint density at radius 3 is 2.38 bits per heavy atom. The zero-order valence-electron chi connectivity index (χ0n) is 18.7. The van der Waals surface area contributed by atoms with Crippen LogP contribution in [0.1, 0.15) is 48.7 Å².